The van der Waals surface area contributed by atoms with E-state index in [0.29, 0.717) is 25.7 Å². The van der Waals surface area contributed by atoms with Crippen LogP contribution in [0.1, 0.15) is 105 Å². The molecule has 4 N–H and O–H groups in total. The monoisotopic (exact) mass is 634 g/mol. The SMILES string of the molecule is C[C@@H]1CC[C@]2(C(=O)O)CC[C@]3(C)C(=CC[C@@H]4[C@@]5(C)C[C@@H](O)[C@H](OC(=O)/C=C\c6ccc(O)cc6)C(C)(C)[C@@H]5CC[C@]43C)[C@@H]2[C@]1(C)O. The highest BCUT2D eigenvalue weighted by atomic mass is 16.6. The van der Waals surface area contributed by atoms with Crippen molar-refractivity contribution in [1.82, 2.24) is 0 Å². The smallest absolute Gasteiger partial charge is 0.331 e. The number of esters is 1. The summed E-state index contributed by atoms with van der Waals surface area (Å²) < 4.78 is 6.03. The van der Waals surface area contributed by atoms with Crippen molar-refractivity contribution in [2.75, 3.05) is 0 Å². The van der Waals surface area contributed by atoms with Gasteiger partial charge in [-0.25, -0.2) is 4.79 Å². The standard InChI is InChI=1S/C39H54O7/c1-23-16-19-39(33(43)44)21-20-36(5)26(31(39)38(23,7)45)13-14-29-35(4)22-27(41)32(34(2,3)28(35)17-18-37(29,36)6)46-30(42)15-10-24-8-11-25(40)12-9-24/h8-13,15,23,27-29,31-32,40-41,45H,14,16-22H2,1-7H3,(H,43,44)/b15-10-/t23-,27-,28+,29-,31-,32+,35+,36-,37-,38-,39+/m1/s1. The van der Waals surface area contributed by atoms with Crippen LogP contribution in [0, 0.1) is 50.7 Å². The van der Waals surface area contributed by atoms with Gasteiger partial charge in [0.1, 0.15) is 11.9 Å². The van der Waals surface area contributed by atoms with Gasteiger partial charge < -0.3 is 25.2 Å². The van der Waals surface area contributed by atoms with Crippen LogP contribution in [0.15, 0.2) is 42.0 Å². The Labute approximate surface area is 274 Å². The summed E-state index contributed by atoms with van der Waals surface area (Å²) in [6.45, 7) is 15.3. The maximum Gasteiger partial charge on any atom is 0.331 e. The molecule has 0 spiro atoms. The van der Waals surface area contributed by atoms with E-state index >= 15 is 0 Å². The summed E-state index contributed by atoms with van der Waals surface area (Å²) in [5, 5.41) is 44.0. The number of carboxylic acids is 1. The van der Waals surface area contributed by atoms with Crippen LogP contribution in [0.3, 0.4) is 0 Å². The van der Waals surface area contributed by atoms with Crippen molar-refractivity contribution < 1.29 is 34.8 Å². The topological polar surface area (TPSA) is 124 Å². The molecule has 1 aromatic rings. The van der Waals surface area contributed by atoms with E-state index in [4.69, 9.17) is 4.74 Å². The predicted octanol–water partition coefficient (Wildman–Crippen LogP) is 7.15. The zero-order chi connectivity index (χ0) is 33.7. The highest BCUT2D eigenvalue weighted by molar-refractivity contribution is 5.87. The number of rotatable bonds is 4. The molecule has 0 bridgehead atoms. The summed E-state index contributed by atoms with van der Waals surface area (Å²) in [4.78, 5) is 26.0. The van der Waals surface area contributed by atoms with Gasteiger partial charge in [-0.15, -0.1) is 0 Å². The van der Waals surface area contributed by atoms with Crippen LogP contribution in [0.25, 0.3) is 6.08 Å². The number of carboxylic acid groups (broad SMARTS) is 1. The molecule has 1 aromatic carbocycles. The lowest BCUT2D eigenvalue weighted by Crippen LogP contribution is -2.69. The van der Waals surface area contributed by atoms with E-state index in [-0.39, 0.29) is 39.7 Å². The van der Waals surface area contributed by atoms with Crippen LogP contribution >= 0.6 is 0 Å². The molecular weight excluding hydrogens is 580 g/mol. The number of aliphatic hydroxyl groups excluding tert-OH is 1. The van der Waals surface area contributed by atoms with Crippen LogP contribution in [0.4, 0.5) is 0 Å². The molecule has 0 saturated heterocycles. The van der Waals surface area contributed by atoms with Gasteiger partial charge in [-0.1, -0.05) is 65.3 Å². The first-order valence-electron chi connectivity index (χ1n) is 17.4. The number of hydrogen-bond donors (Lipinski definition) is 4. The second-order valence-electron chi connectivity index (χ2n) is 17.2. The fourth-order valence-electron chi connectivity index (χ4n) is 12.1. The minimum absolute atomic E-state index is 0.0110. The Bertz CT molecular complexity index is 1460. The molecule has 0 unspecified atom stereocenters. The van der Waals surface area contributed by atoms with Gasteiger partial charge in [0.2, 0.25) is 0 Å². The fraction of sp³-hybridized carbons (Fsp3) is 0.692. The summed E-state index contributed by atoms with van der Waals surface area (Å²) in [5.74, 6) is -1.07. The molecule has 7 heteroatoms. The Morgan fingerprint density at radius 3 is 2.26 bits per heavy atom. The molecule has 0 heterocycles. The van der Waals surface area contributed by atoms with Crippen LogP contribution < -0.4 is 0 Å². The van der Waals surface area contributed by atoms with Crippen molar-refractivity contribution in [2.45, 2.75) is 118 Å². The van der Waals surface area contributed by atoms with E-state index in [1.54, 1.807) is 30.3 Å². The molecule has 0 amide bonds. The zero-order valence-electron chi connectivity index (χ0n) is 28.7. The molecule has 46 heavy (non-hydrogen) atoms. The molecule has 0 aliphatic heterocycles. The molecule has 4 fully saturated rings. The minimum atomic E-state index is -1.11. The average molecular weight is 635 g/mol. The van der Waals surface area contributed by atoms with Crippen LogP contribution in [-0.2, 0) is 14.3 Å². The van der Waals surface area contributed by atoms with Gasteiger partial charge in [0.25, 0.3) is 0 Å². The summed E-state index contributed by atoms with van der Waals surface area (Å²) in [5.41, 5.74) is -1.25. The molecule has 0 radical (unpaired) electrons. The number of phenols is 1. The number of phenolic OH excluding ortho intramolecular Hbond substituents is 1. The molecule has 5 aliphatic rings. The van der Waals surface area contributed by atoms with Gasteiger partial charge in [-0.3, -0.25) is 4.79 Å². The largest absolute Gasteiger partial charge is 0.508 e. The summed E-state index contributed by atoms with van der Waals surface area (Å²) in [7, 11) is 0. The normalized spacial score (nSPS) is 46.2. The van der Waals surface area contributed by atoms with Crippen LogP contribution in [0.5, 0.6) is 5.75 Å². The Kier molecular flexibility index (Phi) is 7.73. The highest BCUT2D eigenvalue weighted by Crippen LogP contribution is 2.76. The van der Waals surface area contributed by atoms with E-state index in [2.05, 4.69) is 47.6 Å². The number of carbonyl (C=O) groups excluding carboxylic acids is 1. The molecule has 5 aliphatic carbocycles. The van der Waals surface area contributed by atoms with Gasteiger partial charge >= 0.3 is 11.9 Å². The third-order valence-corrected chi connectivity index (χ3v) is 14.9. The third kappa shape index (κ3) is 4.50. The minimum Gasteiger partial charge on any atom is -0.508 e. The lowest BCUT2D eigenvalue weighted by molar-refractivity contribution is -0.242. The molecule has 7 nitrogen and oxygen atoms in total. The zero-order valence-corrected chi connectivity index (χ0v) is 28.7. The van der Waals surface area contributed by atoms with Crippen LogP contribution in [-0.4, -0.2) is 50.2 Å². The number of hydrogen-bond acceptors (Lipinski definition) is 6. The number of carbonyl (C=O) groups is 2. The first-order valence-corrected chi connectivity index (χ1v) is 17.4. The summed E-state index contributed by atoms with van der Waals surface area (Å²) >= 11 is 0. The number of allylic oxidation sites excluding steroid dienone is 1. The second kappa shape index (κ2) is 10.7. The summed E-state index contributed by atoms with van der Waals surface area (Å²) in [6, 6.07) is 6.57. The van der Waals surface area contributed by atoms with E-state index in [1.807, 2.05) is 6.92 Å². The maximum absolute atomic E-state index is 13.0. The van der Waals surface area contributed by atoms with Crippen molar-refractivity contribution in [3.05, 3.63) is 47.6 Å². The van der Waals surface area contributed by atoms with Gasteiger partial charge in [-0.05, 0) is 116 Å². The first-order chi connectivity index (χ1) is 21.3. The van der Waals surface area contributed by atoms with Crippen molar-refractivity contribution in [2.24, 2.45) is 50.7 Å². The van der Waals surface area contributed by atoms with E-state index in [0.717, 1.165) is 36.8 Å². The number of aliphatic hydroxyl groups is 2. The number of aromatic hydroxyl groups is 1. The van der Waals surface area contributed by atoms with Gasteiger partial charge in [0.05, 0.1) is 17.1 Å². The Balaban J connectivity index is 1.31. The van der Waals surface area contributed by atoms with Gasteiger partial charge in [0.15, 0.2) is 0 Å². The Morgan fingerprint density at radius 2 is 1.61 bits per heavy atom. The van der Waals surface area contributed by atoms with E-state index in [9.17, 15) is 30.0 Å². The second-order valence-corrected chi connectivity index (χ2v) is 17.2. The molecule has 0 aromatic heterocycles. The number of benzene rings is 1. The first kappa shape index (κ1) is 33.3. The molecule has 6 rings (SSSR count). The van der Waals surface area contributed by atoms with Crippen molar-refractivity contribution in [3.63, 3.8) is 0 Å². The van der Waals surface area contributed by atoms with E-state index in [1.165, 1.54) is 6.08 Å². The molecule has 4 saturated carbocycles. The van der Waals surface area contributed by atoms with E-state index < -0.39 is 46.5 Å². The lowest BCUT2D eigenvalue weighted by Gasteiger charge is -2.72. The maximum atomic E-state index is 13.0. The number of aliphatic carboxylic acids is 1. The highest BCUT2D eigenvalue weighted by Gasteiger charge is 2.72. The van der Waals surface area contributed by atoms with Gasteiger partial charge in [0, 0.05) is 17.4 Å². The molecular formula is C39H54O7. The van der Waals surface area contributed by atoms with Crippen molar-refractivity contribution in [3.8, 4) is 5.75 Å². The average Bonchev–Trinajstić information content (AvgIpc) is 2.97. The Hall–Kier alpha value is -2.64. The predicted molar refractivity (Wildman–Crippen MR) is 176 cm³/mol. The van der Waals surface area contributed by atoms with Crippen molar-refractivity contribution in [1.29, 1.82) is 0 Å². The number of ether oxygens (including phenoxy) is 1. The van der Waals surface area contributed by atoms with Crippen molar-refractivity contribution >= 4 is 18.0 Å². The summed E-state index contributed by atoms with van der Waals surface area (Å²) in [6.07, 6.45) is 9.72. The quantitative estimate of drug-likeness (QED) is 0.158. The number of fused-ring (bicyclic) bond motifs is 7. The molecule has 252 valence electrons. The molecule has 11 atom stereocenters. The van der Waals surface area contributed by atoms with Gasteiger partial charge in [-0.2, -0.15) is 0 Å². The fourth-order valence-corrected chi connectivity index (χ4v) is 12.1. The Morgan fingerprint density at radius 1 is 0.935 bits per heavy atom. The van der Waals surface area contributed by atoms with Crippen LogP contribution in [0.2, 0.25) is 0 Å². The lowest BCUT2D eigenvalue weighted by atomic mass is 9.33. The third-order valence-electron chi connectivity index (χ3n) is 14.9.